The zero-order valence-electron chi connectivity index (χ0n) is 18.3. The molecular formula is C19H37N5O5. The molecule has 0 saturated carbocycles. The van der Waals surface area contributed by atoms with Crippen LogP contribution in [0.25, 0.3) is 0 Å². The maximum atomic E-state index is 12.7. The van der Waals surface area contributed by atoms with Crippen LogP contribution in [0, 0.1) is 11.8 Å². The molecule has 0 aliphatic carbocycles. The van der Waals surface area contributed by atoms with Gasteiger partial charge in [-0.15, -0.1) is 0 Å². The van der Waals surface area contributed by atoms with E-state index in [1.807, 2.05) is 27.7 Å². The van der Waals surface area contributed by atoms with Crippen LogP contribution >= 0.6 is 0 Å². The Morgan fingerprint density at radius 3 is 2.03 bits per heavy atom. The van der Waals surface area contributed by atoms with Gasteiger partial charge in [0.2, 0.25) is 11.8 Å². The number of hydrogen-bond acceptors (Lipinski definition) is 6. The number of nitrogens with one attached hydrogen (secondary N) is 4. The van der Waals surface area contributed by atoms with Crippen LogP contribution in [-0.4, -0.2) is 55.2 Å². The average molecular weight is 416 g/mol. The van der Waals surface area contributed by atoms with Crippen LogP contribution in [0.5, 0.6) is 0 Å². The number of urea groups is 1. The number of carbonyl (C=O) groups excluding carboxylic acids is 4. The van der Waals surface area contributed by atoms with Gasteiger partial charge < -0.3 is 31.7 Å². The first kappa shape index (κ1) is 26.6. The summed E-state index contributed by atoms with van der Waals surface area (Å²) in [5.74, 6) is -1.49. The van der Waals surface area contributed by atoms with Gasteiger partial charge in [0.05, 0.1) is 12.0 Å². The van der Waals surface area contributed by atoms with E-state index in [1.165, 1.54) is 0 Å². The predicted molar refractivity (Wildman–Crippen MR) is 110 cm³/mol. The molecule has 0 heterocycles. The number of esters is 1. The van der Waals surface area contributed by atoms with Crippen LogP contribution in [0.4, 0.5) is 4.79 Å². The van der Waals surface area contributed by atoms with Crippen LogP contribution in [0.1, 0.15) is 54.4 Å². The molecule has 0 aromatic heterocycles. The normalized spacial score (nSPS) is 13.1. The van der Waals surface area contributed by atoms with Crippen molar-refractivity contribution in [1.29, 1.82) is 0 Å². The summed E-state index contributed by atoms with van der Waals surface area (Å²) >= 11 is 0. The number of rotatable bonds is 13. The first-order valence-corrected chi connectivity index (χ1v) is 9.99. The van der Waals surface area contributed by atoms with E-state index in [9.17, 15) is 19.2 Å². The van der Waals surface area contributed by atoms with Gasteiger partial charge in [-0.3, -0.25) is 14.4 Å². The van der Waals surface area contributed by atoms with E-state index in [1.54, 1.807) is 13.8 Å². The van der Waals surface area contributed by atoms with E-state index in [0.29, 0.717) is 6.42 Å². The van der Waals surface area contributed by atoms with Crippen molar-refractivity contribution >= 4 is 23.8 Å². The van der Waals surface area contributed by atoms with E-state index >= 15 is 0 Å². The molecule has 0 rings (SSSR count). The lowest BCUT2D eigenvalue weighted by Crippen LogP contribution is -2.55. The second kappa shape index (κ2) is 13.8. The number of carbonyl (C=O) groups is 4. The maximum Gasteiger partial charge on any atom is 0.312 e. The molecule has 0 aromatic rings. The molecule has 0 bridgehead atoms. The van der Waals surface area contributed by atoms with Gasteiger partial charge in [-0.2, -0.15) is 0 Å². The first-order valence-electron chi connectivity index (χ1n) is 9.99. The fourth-order valence-electron chi connectivity index (χ4n) is 2.45. The van der Waals surface area contributed by atoms with E-state index in [0.717, 1.165) is 0 Å². The lowest BCUT2D eigenvalue weighted by Gasteiger charge is -2.26. The third kappa shape index (κ3) is 11.9. The quantitative estimate of drug-likeness (QED) is 0.165. The number of ether oxygens (including phenoxy) is 1. The van der Waals surface area contributed by atoms with Crippen LogP contribution in [0.3, 0.4) is 0 Å². The molecule has 0 aromatic carbocycles. The molecule has 10 nitrogen and oxygen atoms in total. The maximum absolute atomic E-state index is 12.7. The minimum absolute atomic E-state index is 0.0182. The van der Waals surface area contributed by atoms with E-state index in [2.05, 4.69) is 21.3 Å². The fourth-order valence-corrected chi connectivity index (χ4v) is 2.45. The molecule has 0 fully saturated rings. The monoisotopic (exact) mass is 415 g/mol. The molecule has 0 spiro atoms. The van der Waals surface area contributed by atoms with E-state index < -0.39 is 30.0 Å². The van der Waals surface area contributed by atoms with Gasteiger partial charge in [0, 0.05) is 12.6 Å². The van der Waals surface area contributed by atoms with Gasteiger partial charge in [-0.05, 0) is 18.8 Å². The summed E-state index contributed by atoms with van der Waals surface area (Å²) < 4.78 is 4.96. The molecule has 0 aliphatic heterocycles. The fraction of sp³-hybridized carbons (Fsp3) is 0.789. The Kier molecular flexibility index (Phi) is 12.6. The summed E-state index contributed by atoms with van der Waals surface area (Å²) in [6.07, 6.45) is 0.708. The highest BCUT2D eigenvalue weighted by molar-refractivity contribution is 5.90. The van der Waals surface area contributed by atoms with Gasteiger partial charge >= 0.3 is 12.0 Å². The summed E-state index contributed by atoms with van der Waals surface area (Å²) in [6, 6.07) is -1.87. The van der Waals surface area contributed by atoms with Crippen LogP contribution in [0.15, 0.2) is 0 Å². The summed E-state index contributed by atoms with van der Waals surface area (Å²) in [7, 11) is 0. The SMILES string of the molecule is CC(C)N[C@H](C(=O)N[C@@H](CCCNC(N)=O)C(=O)NCOC(=O)C(C)C)C(C)C. The minimum Gasteiger partial charge on any atom is -0.444 e. The summed E-state index contributed by atoms with van der Waals surface area (Å²) in [4.78, 5) is 47.5. The summed E-state index contributed by atoms with van der Waals surface area (Å²) in [5.41, 5.74) is 5.03. The third-order valence-electron chi connectivity index (χ3n) is 4.00. The highest BCUT2D eigenvalue weighted by atomic mass is 16.5. The van der Waals surface area contributed by atoms with Gasteiger partial charge in [0.15, 0.2) is 6.73 Å². The van der Waals surface area contributed by atoms with Crippen molar-refractivity contribution in [1.82, 2.24) is 21.3 Å². The zero-order valence-corrected chi connectivity index (χ0v) is 18.3. The standard InChI is InChI=1S/C19H37N5O5/c1-11(2)15(23-13(5)6)17(26)24-14(8-7-9-21-19(20)28)16(25)22-10-29-18(27)12(3)4/h11-15,23H,7-10H2,1-6H3,(H,22,25)(H,24,26)(H3,20,21,28)/t14-,15-/m0/s1. The number of hydrogen-bond donors (Lipinski definition) is 5. The summed E-state index contributed by atoms with van der Waals surface area (Å²) in [5, 5.41) is 10.9. The van der Waals surface area contributed by atoms with Crippen molar-refractivity contribution in [3.63, 3.8) is 0 Å². The molecule has 10 heteroatoms. The molecule has 29 heavy (non-hydrogen) atoms. The molecule has 0 radical (unpaired) electrons. The molecule has 168 valence electrons. The van der Waals surface area contributed by atoms with Gasteiger partial charge in [-0.25, -0.2) is 4.79 Å². The highest BCUT2D eigenvalue weighted by Crippen LogP contribution is 2.06. The Balaban J connectivity index is 4.96. The van der Waals surface area contributed by atoms with Gasteiger partial charge in [0.1, 0.15) is 6.04 Å². The smallest absolute Gasteiger partial charge is 0.312 e. The van der Waals surface area contributed by atoms with Gasteiger partial charge in [0.25, 0.3) is 0 Å². The van der Waals surface area contributed by atoms with Crippen LogP contribution in [0.2, 0.25) is 0 Å². The topological polar surface area (TPSA) is 152 Å². The zero-order chi connectivity index (χ0) is 22.6. The second-order valence-corrected chi connectivity index (χ2v) is 7.84. The average Bonchev–Trinajstić information content (AvgIpc) is 2.60. The van der Waals surface area contributed by atoms with Crippen LogP contribution in [-0.2, 0) is 19.1 Å². The van der Waals surface area contributed by atoms with E-state index in [4.69, 9.17) is 10.5 Å². The van der Waals surface area contributed by atoms with Crippen molar-refractivity contribution in [3.8, 4) is 0 Å². The third-order valence-corrected chi connectivity index (χ3v) is 4.00. The van der Waals surface area contributed by atoms with Crippen molar-refractivity contribution in [2.24, 2.45) is 17.6 Å². The predicted octanol–water partition coefficient (Wildman–Crippen LogP) is 0.215. The Bertz CT molecular complexity index is 551. The summed E-state index contributed by atoms with van der Waals surface area (Å²) in [6.45, 7) is 11.1. The molecule has 4 amide bonds. The molecule has 0 aliphatic rings. The van der Waals surface area contributed by atoms with Gasteiger partial charge in [-0.1, -0.05) is 41.5 Å². The Morgan fingerprint density at radius 1 is 0.931 bits per heavy atom. The van der Waals surface area contributed by atoms with E-state index in [-0.39, 0.29) is 43.5 Å². The first-order chi connectivity index (χ1) is 13.5. The van der Waals surface area contributed by atoms with Crippen molar-refractivity contribution in [3.05, 3.63) is 0 Å². The van der Waals surface area contributed by atoms with Crippen LogP contribution < -0.4 is 27.0 Å². The van der Waals surface area contributed by atoms with Crippen molar-refractivity contribution < 1.29 is 23.9 Å². The number of primary amides is 1. The molecule has 6 N–H and O–H groups in total. The number of nitrogens with two attached hydrogens (primary N) is 1. The molecular weight excluding hydrogens is 378 g/mol. The van der Waals surface area contributed by atoms with Crippen molar-refractivity contribution in [2.45, 2.75) is 72.5 Å². The Labute approximate surface area is 173 Å². The second-order valence-electron chi connectivity index (χ2n) is 7.84. The molecule has 0 unspecified atom stereocenters. The molecule has 0 saturated heterocycles. The highest BCUT2D eigenvalue weighted by Gasteiger charge is 2.27. The largest absolute Gasteiger partial charge is 0.444 e. The lowest BCUT2D eigenvalue weighted by atomic mass is 10.0. The Hall–Kier alpha value is -2.36. The lowest BCUT2D eigenvalue weighted by molar-refractivity contribution is -0.149. The molecule has 2 atom stereocenters. The number of amides is 4. The Morgan fingerprint density at radius 2 is 1.55 bits per heavy atom. The van der Waals surface area contributed by atoms with Crippen molar-refractivity contribution in [2.75, 3.05) is 13.3 Å². The minimum atomic E-state index is -0.842.